The highest BCUT2D eigenvalue weighted by molar-refractivity contribution is 7.10. The molecule has 1 aromatic heterocycles. The molecule has 0 unspecified atom stereocenters. The molecule has 0 saturated heterocycles. The van der Waals surface area contributed by atoms with E-state index in [1.807, 2.05) is 67.8 Å². The largest absolute Gasteiger partial charge is 0.490 e. The number of ether oxygens (including phenoxy) is 2. The Morgan fingerprint density at radius 1 is 1.03 bits per heavy atom. The van der Waals surface area contributed by atoms with Crippen molar-refractivity contribution in [1.82, 2.24) is 10.2 Å². The monoisotopic (exact) mass is 478 g/mol. The maximum atomic E-state index is 13.5. The molecule has 3 aromatic rings. The quantitative estimate of drug-likeness (QED) is 0.479. The Bertz CT molecular complexity index is 1150. The molecule has 0 saturated carbocycles. The SMILES string of the molecule is CCOc1ccc(CCNC(=O)[C@@H]2c3ccccc3C(=O)N(C)[C@H]2c2cccs2)cc1OCC. The van der Waals surface area contributed by atoms with E-state index in [4.69, 9.17) is 9.47 Å². The fourth-order valence-electron chi connectivity index (χ4n) is 4.46. The van der Waals surface area contributed by atoms with Crippen molar-refractivity contribution >= 4 is 23.2 Å². The van der Waals surface area contributed by atoms with Gasteiger partial charge < -0.3 is 19.7 Å². The smallest absolute Gasteiger partial charge is 0.254 e. The fraction of sp³-hybridized carbons (Fsp3) is 0.333. The van der Waals surface area contributed by atoms with E-state index >= 15 is 0 Å². The lowest BCUT2D eigenvalue weighted by molar-refractivity contribution is -0.124. The van der Waals surface area contributed by atoms with Gasteiger partial charge in [-0.25, -0.2) is 0 Å². The van der Waals surface area contributed by atoms with E-state index in [1.54, 1.807) is 29.4 Å². The molecular formula is C27H30N2O4S. The number of hydrogen-bond acceptors (Lipinski definition) is 5. The number of carbonyl (C=O) groups excluding carboxylic acids is 2. The van der Waals surface area contributed by atoms with Crippen molar-refractivity contribution in [2.45, 2.75) is 32.2 Å². The van der Waals surface area contributed by atoms with Crippen LogP contribution < -0.4 is 14.8 Å². The Morgan fingerprint density at radius 2 is 1.79 bits per heavy atom. The summed E-state index contributed by atoms with van der Waals surface area (Å²) in [5.41, 5.74) is 2.42. The topological polar surface area (TPSA) is 67.9 Å². The van der Waals surface area contributed by atoms with Crippen molar-refractivity contribution in [3.8, 4) is 11.5 Å². The number of carbonyl (C=O) groups is 2. The molecule has 1 N–H and O–H groups in total. The number of fused-ring (bicyclic) bond motifs is 1. The minimum absolute atomic E-state index is 0.0594. The second-order valence-electron chi connectivity index (χ2n) is 8.13. The highest BCUT2D eigenvalue weighted by Gasteiger charge is 2.42. The van der Waals surface area contributed by atoms with Gasteiger partial charge in [0.2, 0.25) is 5.91 Å². The van der Waals surface area contributed by atoms with E-state index in [2.05, 4.69) is 5.32 Å². The van der Waals surface area contributed by atoms with Gasteiger partial charge in [0.15, 0.2) is 11.5 Å². The number of hydrogen-bond donors (Lipinski definition) is 1. The molecule has 34 heavy (non-hydrogen) atoms. The lowest BCUT2D eigenvalue weighted by Gasteiger charge is -2.39. The van der Waals surface area contributed by atoms with Crippen LogP contribution in [0.4, 0.5) is 0 Å². The van der Waals surface area contributed by atoms with Crippen LogP contribution in [0.3, 0.4) is 0 Å². The summed E-state index contributed by atoms with van der Waals surface area (Å²) in [7, 11) is 1.78. The summed E-state index contributed by atoms with van der Waals surface area (Å²) in [6, 6.07) is 16.9. The molecule has 0 radical (unpaired) electrons. The first-order valence-electron chi connectivity index (χ1n) is 11.6. The summed E-state index contributed by atoms with van der Waals surface area (Å²) in [6.45, 7) is 5.48. The molecular weight excluding hydrogens is 448 g/mol. The zero-order valence-corrected chi connectivity index (χ0v) is 20.6. The summed E-state index contributed by atoms with van der Waals surface area (Å²) in [5, 5.41) is 5.09. The van der Waals surface area contributed by atoms with Gasteiger partial charge in [-0.3, -0.25) is 9.59 Å². The molecule has 1 aliphatic rings. The maximum absolute atomic E-state index is 13.5. The second kappa shape index (κ2) is 10.7. The van der Waals surface area contributed by atoms with E-state index in [-0.39, 0.29) is 17.9 Å². The summed E-state index contributed by atoms with van der Waals surface area (Å²) >= 11 is 1.56. The van der Waals surface area contributed by atoms with Gasteiger partial charge in [0.05, 0.1) is 25.2 Å². The van der Waals surface area contributed by atoms with E-state index < -0.39 is 5.92 Å². The second-order valence-corrected chi connectivity index (χ2v) is 9.11. The maximum Gasteiger partial charge on any atom is 0.254 e. The molecule has 2 amide bonds. The third-order valence-electron chi connectivity index (χ3n) is 6.02. The molecule has 0 spiro atoms. The summed E-state index contributed by atoms with van der Waals surface area (Å²) in [4.78, 5) is 29.2. The van der Waals surface area contributed by atoms with Gasteiger partial charge in [-0.15, -0.1) is 11.3 Å². The van der Waals surface area contributed by atoms with Crippen LogP contribution in [0.5, 0.6) is 11.5 Å². The van der Waals surface area contributed by atoms with Gasteiger partial charge in [-0.05, 0) is 61.0 Å². The predicted molar refractivity (Wildman–Crippen MR) is 134 cm³/mol. The summed E-state index contributed by atoms with van der Waals surface area (Å²) in [6.07, 6.45) is 0.658. The molecule has 178 valence electrons. The van der Waals surface area contributed by atoms with Crippen LogP contribution in [0.2, 0.25) is 0 Å². The van der Waals surface area contributed by atoms with Crippen LogP contribution in [0.1, 0.15) is 52.2 Å². The normalized spacial score (nSPS) is 17.3. The average molecular weight is 479 g/mol. The highest BCUT2D eigenvalue weighted by atomic mass is 32.1. The van der Waals surface area contributed by atoms with Crippen molar-refractivity contribution in [2.24, 2.45) is 0 Å². The Balaban J connectivity index is 1.53. The van der Waals surface area contributed by atoms with Gasteiger partial charge in [0, 0.05) is 24.0 Å². The van der Waals surface area contributed by atoms with Gasteiger partial charge >= 0.3 is 0 Å². The Morgan fingerprint density at radius 3 is 2.53 bits per heavy atom. The van der Waals surface area contributed by atoms with Gasteiger partial charge in [-0.2, -0.15) is 0 Å². The third-order valence-corrected chi connectivity index (χ3v) is 6.96. The third kappa shape index (κ3) is 4.80. The van der Waals surface area contributed by atoms with Gasteiger partial charge in [0.25, 0.3) is 5.91 Å². The molecule has 2 heterocycles. The van der Waals surface area contributed by atoms with Crippen molar-refractivity contribution in [3.63, 3.8) is 0 Å². The molecule has 0 bridgehead atoms. The average Bonchev–Trinajstić information content (AvgIpc) is 3.37. The van der Waals surface area contributed by atoms with E-state index in [0.29, 0.717) is 37.5 Å². The molecule has 2 atom stereocenters. The number of nitrogens with one attached hydrogen (secondary N) is 1. The van der Waals surface area contributed by atoms with E-state index in [9.17, 15) is 9.59 Å². The zero-order chi connectivity index (χ0) is 24.1. The van der Waals surface area contributed by atoms with Crippen LogP contribution in [-0.4, -0.2) is 43.5 Å². The molecule has 4 rings (SSSR count). The van der Waals surface area contributed by atoms with Crippen molar-refractivity contribution in [1.29, 1.82) is 0 Å². The van der Waals surface area contributed by atoms with Crippen molar-refractivity contribution in [2.75, 3.05) is 26.8 Å². The molecule has 0 aliphatic carbocycles. The fourth-order valence-corrected chi connectivity index (χ4v) is 5.37. The van der Waals surface area contributed by atoms with Crippen LogP contribution in [0.15, 0.2) is 60.0 Å². The number of rotatable bonds is 9. The minimum atomic E-state index is -0.475. The Hall–Kier alpha value is -3.32. The van der Waals surface area contributed by atoms with Gasteiger partial charge in [0.1, 0.15) is 0 Å². The molecule has 1 aliphatic heterocycles. The van der Waals surface area contributed by atoms with Crippen LogP contribution >= 0.6 is 11.3 Å². The Labute approximate surface area is 204 Å². The first-order chi connectivity index (χ1) is 16.5. The first kappa shape index (κ1) is 23.8. The number of thiophene rings is 1. The number of benzene rings is 2. The zero-order valence-electron chi connectivity index (χ0n) is 19.7. The molecule has 2 aromatic carbocycles. The molecule has 0 fully saturated rings. The number of likely N-dealkylation sites (N-methyl/N-ethyl adjacent to an activating group) is 1. The minimum Gasteiger partial charge on any atom is -0.490 e. The molecule has 7 heteroatoms. The summed E-state index contributed by atoms with van der Waals surface area (Å²) < 4.78 is 11.4. The van der Waals surface area contributed by atoms with Crippen LogP contribution in [-0.2, 0) is 11.2 Å². The van der Waals surface area contributed by atoms with Crippen molar-refractivity contribution < 1.29 is 19.1 Å². The van der Waals surface area contributed by atoms with Crippen LogP contribution in [0, 0.1) is 0 Å². The Kier molecular flexibility index (Phi) is 7.53. The predicted octanol–water partition coefficient (Wildman–Crippen LogP) is 4.81. The lowest BCUT2D eigenvalue weighted by atomic mass is 9.81. The highest BCUT2D eigenvalue weighted by Crippen LogP contribution is 2.43. The standard InChI is InChI=1S/C27H30N2O4S/c1-4-32-21-13-12-18(17-22(21)33-5-2)14-15-28-26(30)24-19-9-6-7-10-20(19)27(31)29(3)25(24)23-11-8-16-34-23/h6-13,16-17,24-25H,4-5,14-15H2,1-3H3,(H,28,30)/t24-,25+/m1/s1. The van der Waals surface area contributed by atoms with E-state index in [1.165, 1.54) is 0 Å². The van der Waals surface area contributed by atoms with Crippen LogP contribution in [0.25, 0.3) is 0 Å². The van der Waals surface area contributed by atoms with Crippen molar-refractivity contribution in [3.05, 3.63) is 81.5 Å². The number of nitrogens with zero attached hydrogens (tertiary/aromatic N) is 1. The van der Waals surface area contributed by atoms with E-state index in [0.717, 1.165) is 21.8 Å². The van der Waals surface area contributed by atoms with Gasteiger partial charge in [-0.1, -0.05) is 30.3 Å². The first-order valence-corrected chi connectivity index (χ1v) is 12.5. The lowest BCUT2D eigenvalue weighted by Crippen LogP contribution is -2.45. The number of amides is 2. The summed E-state index contributed by atoms with van der Waals surface area (Å²) in [5.74, 6) is 0.823. The molecule has 6 nitrogen and oxygen atoms in total.